The largest absolute Gasteiger partial charge is 0.454 e. The highest BCUT2D eigenvalue weighted by atomic mass is 16.7. The van der Waals surface area contributed by atoms with Crippen LogP contribution in [0.4, 0.5) is 11.4 Å². The summed E-state index contributed by atoms with van der Waals surface area (Å²) in [6, 6.07) is 1.89. The molecule has 2 rings (SSSR count). The summed E-state index contributed by atoms with van der Waals surface area (Å²) in [5, 5.41) is 13.5. The molecule has 0 spiro atoms. The van der Waals surface area contributed by atoms with Crippen molar-refractivity contribution in [3.05, 3.63) is 22.2 Å². The van der Waals surface area contributed by atoms with E-state index in [4.69, 9.17) is 15.2 Å². The van der Waals surface area contributed by atoms with E-state index in [2.05, 4.69) is 5.32 Å². The van der Waals surface area contributed by atoms with E-state index in [1.54, 1.807) is 0 Å². The molecule has 1 heterocycles. The molecule has 8 nitrogen and oxygen atoms in total. The van der Waals surface area contributed by atoms with Crippen LogP contribution in [0.3, 0.4) is 0 Å². The summed E-state index contributed by atoms with van der Waals surface area (Å²) < 4.78 is 10.2. The fraction of sp³-hybridized carbons (Fsp3) is 0.417. The number of anilines is 1. The first-order chi connectivity index (χ1) is 9.52. The van der Waals surface area contributed by atoms with E-state index < -0.39 is 16.9 Å². The number of rotatable bonds is 5. The van der Waals surface area contributed by atoms with Crippen molar-refractivity contribution in [1.82, 2.24) is 0 Å². The second kappa shape index (κ2) is 5.74. The number of benzene rings is 1. The van der Waals surface area contributed by atoms with E-state index in [-0.39, 0.29) is 23.9 Å². The maximum Gasteiger partial charge on any atom is 0.296 e. The topological polar surface area (TPSA) is 117 Å². The molecule has 1 aliphatic rings. The fourth-order valence-electron chi connectivity index (χ4n) is 1.85. The van der Waals surface area contributed by atoms with Gasteiger partial charge in [0, 0.05) is 6.07 Å². The van der Waals surface area contributed by atoms with Gasteiger partial charge in [-0.1, -0.05) is 13.3 Å². The third-order valence-corrected chi connectivity index (χ3v) is 2.88. The normalized spacial score (nSPS) is 13.9. The zero-order chi connectivity index (χ0) is 14.7. The summed E-state index contributed by atoms with van der Waals surface area (Å²) in [6.45, 7) is 1.90. The summed E-state index contributed by atoms with van der Waals surface area (Å²) >= 11 is 0. The Labute approximate surface area is 115 Å². The van der Waals surface area contributed by atoms with Crippen LogP contribution in [0.5, 0.6) is 11.5 Å². The number of carbonyl (C=O) groups is 1. The molecule has 0 saturated heterocycles. The molecule has 8 heteroatoms. The van der Waals surface area contributed by atoms with Crippen LogP contribution in [0, 0.1) is 10.1 Å². The number of fused-ring (bicyclic) bond motifs is 1. The number of nitrogens with one attached hydrogen (secondary N) is 1. The van der Waals surface area contributed by atoms with Gasteiger partial charge in [0.2, 0.25) is 12.7 Å². The van der Waals surface area contributed by atoms with Gasteiger partial charge in [-0.15, -0.1) is 0 Å². The highest BCUT2D eigenvalue weighted by Gasteiger charge is 2.25. The molecule has 0 aromatic heterocycles. The van der Waals surface area contributed by atoms with Gasteiger partial charge in [0.15, 0.2) is 11.5 Å². The number of amides is 1. The molecule has 108 valence electrons. The SMILES string of the molecule is CCC[C@@H](N)C(=O)Nc1cc2c(cc1[N+](=O)[O-])OCO2. The second-order valence-corrected chi connectivity index (χ2v) is 4.36. The van der Waals surface area contributed by atoms with Gasteiger partial charge in [-0.2, -0.15) is 0 Å². The first-order valence-electron chi connectivity index (χ1n) is 6.17. The molecule has 1 aromatic rings. The summed E-state index contributed by atoms with van der Waals surface area (Å²) in [5.41, 5.74) is 5.47. The quantitative estimate of drug-likeness (QED) is 0.622. The van der Waals surface area contributed by atoms with Crippen molar-refractivity contribution in [3.63, 3.8) is 0 Å². The average molecular weight is 281 g/mol. The van der Waals surface area contributed by atoms with Crippen molar-refractivity contribution >= 4 is 17.3 Å². The molecular formula is C12H15N3O5. The smallest absolute Gasteiger partial charge is 0.296 e. The molecule has 3 N–H and O–H groups in total. The van der Waals surface area contributed by atoms with Crippen LogP contribution in [0.2, 0.25) is 0 Å². The Bertz CT molecular complexity index is 546. The lowest BCUT2D eigenvalue weighted by Crippen LogP contribution is -2.35. The number of hydrogen-bond acceptors (Lipinski definition) is 6. The van der Waals surface area contributed by atoms with E-state index >= 15 is 0 Å². The lowest BCUT2D eigenvalue weighted by molar-refractivity contribution is -0.384. The van der Waals surface area contributed by atoms with E-state index in [0.717, 1.165) is 6.42 Å². The Morgan fingerprint density at radius 3 is 2.75 bits per heavy atom. The number of ether oxygens (including phenoxy) is 2. The number of nitro benzene ring substituents is 1. The zero-order valence-electron chi connectivity index (χ0n) is 10.9. The van der Waals surface area contributed by atoms with E-state index in [0.29, 0.717) is 12.2 Å². The predicted octanol–water partition coefficient (Wildman–Crippen LogP) is 1.39. The van der Waals surface area contributed by atoms with Crippen LogP contribution >= 0.6 is 0 Å². The summed E-state index contributed by atoms with van der Waals surface area (Å²) in [5.74, 6) is 0.177. The van der Waals surface area contributed by atoms with Gasteiger partial charge in [0.05, 0.1) is 17.0 Å². The molecule has 0 saturated carbocycles. The summed E-state index contributed by atoms with van der Waals surface area (Å²) in [7, 11) is 0. The minimum absolute atomic E-state index is 0.000758. The van der Waals surface area contributed by atoms with Crippen LogP contribution in [-0.2, 0) is 4.79 Å². The number of nitrogens with zero attached hydrogens (tertiary/aromatic N) is 1. The molecule has 1 atom stereocenters. The standard InChI is InChI=1S/C12H15N3O5/c1-2-3-7(13)12(16)14-8-4-10-11(20-6-19-10)5-9(8)15(17)18/h4-5,7H,2-3,6,13H2,1H3,(H,14,16)/t7-/m1/s1. The minimum Gasteiger partial charge on any atom is -0.454 e. The molecule has 0 aliphatic carbocycles. The summed E-state index contributed by atoms with van der Waals surface area (Å²) in [6.07, 6.45) is 1.25. The first-order valence-corrected chi connectivity index (χ1v) is 6.17. The van der Waals surface area contributed by atoms with Crippen molar-refractivity contribution in [2.24, 2.45) is 5.73 Å². The monoisotopic (exact) mass is 281 g/mol. The van der Waals surface area contributed by atoms with Crippen molar-refractivity contribution in [2.75, 3.05) is 12.1 Å². The van der Waals surface area contributed by atoms with Gasteiger partial charge < -0.3 is 20.5 Å². The highest BCUT2D eigenvalue weighted by Crippen LogP contribution is 2.40. The zero-order valence-corrected chi connectivity index (χ0v) is 10.9. The van der Waals surface area contributed by atoms with Crippen LogP contribution < -0.4 is 20.5 Å². The molecule has 20 heavy (non-hydrogen) atoms. The molecule has 1 aromatic carbocycles. The molecule has 1 amide bonds. The van der Waals surface area contributed by atoms with Crippen molar-refractivity contribution in [2.45, 2.75) is 25.8 Å². The lowest BCUT2D eigenvalue weighted by Gasteiger charge is -2.11. The van der Waals surface area contributed by atoms with Gasteiger partial charge in [-0.3, -0.25) is 14.9 Å². The third-order valence-electron chi connectivity index (χ3n) is 2.88. The molecular weight excluding hydrogens is 266 g/mol. The van der Waals surface area contributed by atoms with Crippen molar-refractivity contribution in [3.8, 4) is 11.5 Å². The van der Waals surface area contributed by atoms with Crippen LogP contribution in [0.15, 0.2) is 12.1 Å². The molecule has 0 bridgehead atoms. The molecule has 1 aliphatic heterocycles. The van der Waals surface area contributed by atoms with Gasteiger partial charge in [-0.25, -0.2) is 0 Å². The van der Waals surface area contributed by atoms with Crippen LogP contribution in [0.25, 0.3) is 0 Å². The van der Waals surface area contributed by atoms with E-state index in [9.17, 15) is 14.9 Å². The molecule has 0 unspecified atom stereocenters. The third kappa shape index (κ3) is 2.80. The first kappa shape index (κ1) is 14.1. The average Bonchev–Trinajstić information content (AvgIpc) is 2.84. The maximum atomic E-state index is 11.8. The number of nitro groups is 1. The van der Waals surface area contributed by atoms with Crippen LogP contribution in [0.1, 0.15) is 19.8 Å². The molecule has 0 radical (unpaired) electrons. The second-order valence-electron chi connectivity index (χ2n) is 4.36. The van der Waals surface area contributed by atoms with Gasteiger partial charge in [0.1, 0.15) is 5.69 Å². The number of hydrogen-bond donors (Lipinski definition) is 2. The van der Waals surface area contributed by atoms with Gasteiger partial charge in [0.25, 0.3) is 5.69 Å². The Morgan fingerprint density at radius 2 is 2.15 bits per heavy atom. The minimum atomic E-state index is -0.704. The van der Waals surface area contributed by atoms with E-state index in [1.807, 2.05) is 6.92 Å². The lowest BCUT2D eigenvalue weighted by atomic mass is 10.1. The highest BCUT2D eigenvalue weighted by molar-refractivity contribution is 5.97. The predicted molar refractivity (Wildman–Crippen MR) is 70.7 cm³/mol. The van der Waals surface area contributed by atoms with Gasteiger partial charge >= 0.3 is 0 Å². The van der Waals surface area contributed by atoms with E-state index in [1.165, 1.54) is 12.1 Å². The Kier molecular flexibility index (Phi) is 4.04. The Balaban J connectivity index is 2.26. The maximum absolute atomic E-state index is 11.8. The fourth-order valence-corrected chi connectivity index (χ4v) is 1.85. The van der Waals surface area contributed by atoms with Crippen LogP contribution in [-0.4, -0.2) is 23.7 Å². The summed E-state index contributed by atoms with van der Waals surface area (Å²) in [4.78, 5) is 22.3. The van der Waals surface area contributed by atoms with Gasteiger partial charge in [-0.05, 0) is 6.42 Å². The van der Waals surface area contributed by atoms with Crippen molar-refractivity contribution in [1.29, 1.82) is 0 Å². The Morgan fingerprint density at radius 1 is 1.50 bits per heavy atom. The van der Waals surface area contributed by atoms with Crippen molar-refractivity contribution < 1.29 is 19.2 Å². The number of nitrogens with two attached hydrogens (primary N) is 1. The molecule has 0 fully saturated rings. The Hall–Kier alpha value is -2.35. The number of carbonyl (C=O) groups excluding carboxylic acids is 1.